The highest BCUT2D eigenvalue weighted by Crippen LogP contribution is 2.37. The quantitative estimate of drug-likeness (QED) is 0.112. The van der Waals surface area contributed by atoms with E-state index >= 15 is 0 Å². The molecule has 0 spiro atoms. The lowest BCUT2D eigenvalue weighted by atomic mass is 9.83. The first-order chi connectivity index (χ1) is 21.8. The lowest BCUT2D eigenvalue weighted by Gasteiger charge is -2.41. The van der Waals surface area contributed by atoms with Crippen molar-refractivity contribution < 1.29 is 59.2 Å². The number of hydrogen-bond acceptors (Lipinski definition) is 13. The number of nitrogens with zero attached hydrogens (tertiary/aromatic N) is 1. The lowest BCUT2D eigenvalue weighted by molar-refractivity contribution is -0.155. The second-order valence-electron chi connectivity index (χ2n) is 11.7. The molecular weight excluding hydrogens is 628 g/mol. The van der Waals surface area contributed by atoms with Gasteiger partial charge in [-0.25, -0.2) is 0 Å². The predicted molar refractivity (Wildman–Crippen MR) is 162 cm³/mol. The van der Waals surface area contributed by atoms with E-state index in [0.717, 1.165) is 5.56 Å². The Kier molecular flexibility index (Phi) is 10.2. The number of phenolic OH excluding ortho intramolecular Hbond substituents is 1. The first-order valence-corrected chi connectivity index (χ1v) is 14.9. The summed E-state index contributed by atoms with van der Waals surface area (Å²) in [6.45, 7) is 4.34. The first-order valence-electron chi connectivity index (χ1n) is 14.5. The maximum atomic E-state index is 12.9. The average Bonchev–Trinajstić information content (AvgIpc) is 3.59. The molecule has 15 heteroatoms. The molecule has 0 radical (unpaired) electrons. The van der Waals surface area contributed by atoms with Crippen LogP contribution in [0.5, 0.6) is 11.5 Å². The van der Waals surface area contributed by atoms with Crippen LogP contribution in [0.2, 0.25) is 5.02 Å². The van der Waals surface area contributed by atoms with Crippen molar-refractivity contribution >= 4 is 29.3 Å². The fraction of sp³-hybridized carbons (Fsp3) is 0.484. The summed E-state index contributed by atoms with van der Waals surface area (Å²) in [6.07, 6.45) is -8.51. The number of carbonyl (C=O) groups excluding carboxylic acids is 1. The van der Waals surface area contributed by atoms with Crippen LogP contribution in [0.15, 0.2) is 53.2 Å². The van der Waals surface area contributed by atoms with E-state index in [0.29, 0.717) is 10.6 Å². The molecule has 0 unspecified atom stereocenters. The molecule has 1 saturated carbocycles. The fourth-order valence-electron chi connectivity index (χ4n) is 5.53. The lowest BCUT2D eigenvalue weighted by Crippen LogP contribution is -2.67. The summed E-state index contributed by atoms with van der Waals surface area (Å²) in [7, 11) is 0. The van der Waals surface area contributed by atoms with E-state index in [1.54, 1.807) is 25.1 Å². The number of carbonyl (C=O) groups is 1. The van der Waals surface area contributed by atoms with Crippen molar-refractivity contribution in [3.63, 3.8) is 0 Å². The standard InChI is InChI=1S/C31H37ClN2O12/c1-14(29(40)33-21-22(36)24(38)27-26(23(21)37)42-13-43-27)9-16-7-8-20(19(35)11-16)45-30-31(3,41)28(39)25(46-30)15(2)34-44-12-17-5-4-6-18(32)10-17/h4-11,21-28,30,35-39,41H,12-13H2,1-3H3,(H,33,40)/t21-,22+,23-,24-,25-,26+,27-,28-,30-,31-/m1/s1. The summed E-state index contributed by atoms with van der Waals surface area (Å²) >= 11 is 5.98. The third kappa shape index (κ3) is 7.00. The normalized spacial score (nSPS) is 34.7. The van der Waals surface area contributed by atoms with E-state index in [9.17, 15) is 35.4 Å². The highest BCUT2D eigenvalue weighted by molar-refractivity contribution is 6.30. The zero-order valence-corrected chi connectivity index (χ0v) is 25.9. The van der Waals surface area contributed by atoms with Gasteiger partial charge in [0.1, 0.15) is 56.1 Å². The van der Waals surface area contributed by atoms with Gasteiger partial charge < -0.3 is 59.7 Å². The van der Waals surface area contributed by atoms with Crippen LogP contribution in [0.25, 0.3) is 6.08 Å². The second-order valence-corrected chi connectivity index (χ2v) is 12.2. The first kappa shape index (κ1) is 34.0. The maximum Gasteiger partial charge on any atom is 0.247 e. The second kappa shape index (κ2) is 13.8. The van der Waals surface area contributed by atoms with Crippen LogP contribution in [0.3, 0.4) is 0 Å². The molecule has 14 nitrogen and oxygen atoms in total. The summed E-state index contributed by atoms with van der Waals surface area (Å²) in [5.74, 6) is -1.06. The zero-order valence-electron chi connectivity index (χ0n) is 25.2. The number of nitrogens with one attached hydrogen (secondary N) is 1. The predicted octanol–water partition coefficient (Wildman–Crippen LogP) is 0.580. The summed E-state index contributed by atoms with van der Waals surface area (Å²) in [6, 6.07) is 10.0. The number of rotatable bonds is 9. The number of amides is 1. The molecule has 2 saturated heterocycles. The summed E-state index contributed by atoms with van der Waals surface area (Å²) in [5, 5.41) is 70.9. The number of aliphatic hydroxyl groups is 5. The van der Waals surface area contributed by atoms with Gasteiger partial charge in [-0.3, -0.25) is 4.79 Å². The Morgan fingerprint density at radius 1 is 1.09 bits per heavy atom. The van der Waals surface area contributed by atoms with Crippen LogP contribution in [-0.2, 0) is 30.4 Å². The van der Waals surface area contributed by atoms with Crippen LogP contribution in [0, 0.1) is 0 Å². The van der Waals surface area contributed by atoms with Gasteiger partial charge in [0.15, 0.2) is 17.1 Å². The molecule has 3 fully saturated rings. The molecule has 10 atom stereocenters. The van der Waals surface area contributed by atoms with Gasteiger partial charge in [-0.2, -0.15) is 0 Å². The molecule has 3 aliphatic rings. The van der Waals surface area contributed by atoms with E-state index in [-0.39, 0.29) is 36.2 Å². The topological polar surface area (TPSA) is 209 Å². The van der Waals surface area contributed by atoms with E-state index in [1.165, 1.54) is 38.1 Å². The van der Waals surface area contributed by atoms with Gasteiger partial charge >= 0.3 is 0 Å². The van der Waals surface area contributed by atoms with Crippen molar-refractivity contribution in [2.75, 3.05) is 6.79 Å². The van der Waals surface area contributed by atoms with Gasteiger partial charge in [-0.15, -0.1) is 0 Å². The van der Waals surface area contributed by atoms with Gasteiger partial charge in [0.2, 0.25) is 12.2 Å². The number of aliphatic hydroxyl groups excluding tert-OH is 4. The van der Waals surface area contributed by atoms with E-state index in [2.05, 4.69) is 10.5 Å². The maximum absolute atomic E-state index is 12.9. The minimum absolute atomic E-state index is 0.0695. The highest BCUT2D eigenvalue weighted by atomic mass is 35.5. The third-order valence-electron chi connectivity index (χ3n) is 8.23. The number of fused-ring (bicyclic) bond motifs is 1. The number of hydrogen-bond donors (Lipinski definition) is 7. The Bertz CT molecular complexity index is 1490. The minimum atomic E-state index is -1.90. The van der Waals surface area contributed by atoms with E-state index in [1.807, 2.05) is 6.07 Å². The molecule has 0 bridgehead atoms. The molecule has 1 aliphatic carbocycles. The molecule has 1 amide bonds. The number of benzene rings is 2. The molecular formula is C31H37ClN2O12. The smallest absolute Gasteiger partial charge is 0.247 e. The SMILES string of the molecule is CC(=Cc1ccc(O[C@@H]2O[C@H](C(C)=NOCc3cccc(Cl)c3)[C@@H](O)[C@@]2(C)O)c(O)c1)C(=O)N[C@@H]1[C@H](O)[C@@H](O)[C@H]2OCO[C@H]2[C@@H]1O. The van der Waals surface area contributed by atoms with E-state index < -0.39 is 66.6 Å². The van der Waals surface area contributed by atoms with Gasteiger partial charge in [-0.05, 0) is 62.2 Å². The van der Waals surface area contributed by atoms with Crippen LogP contribution in [0.1, 0.15) is 31.9 Å². The van der Waals surface area contributed by atoms with Gasteiger partial charge in [-0.1, -0.05) is 35.0 Å². The average molecular weight is 665 g/mol. The third-order valence-corrected chi connectivity index (χ3v) is 8.47. The molecule has 0 aromatic heterocycles. The summed E-state index contributed by atoms with van der Waals surface area (Å²) in [5.41, 5.74) is -0.319. The number of phenols is 1. The molecule has 2 aromatic rings. The van der Waals surface area contributed by atoms with Crippen LogP contribution in [0.4, 0.5) is 0 Å². The fourth-order valence-corrected chi connectivity index (χ4v) is 5.74. The number of ether oxygens (including phenoxy) is 4. The van der Waals surface area contributed by atoms with Crippen molar-refractivity contribution in [3.05, 3.63) is 64.2 Å². The number of oxime groups is 1. The zero-order chi connectivity index (χ0) is 33.3. The van der Waals surface area contributed by atoms with Crippen molar-refractivity contribution in [1.29, 1.82) is 0 Å². The Labute approximate surface area is 269 Å². The highest BCUT2D eigenvalue weighted by Gasteiger charge is 2.55. The number of aromatic hydroxyl groups is 1. The molecule has 2 aliphatic heterocycles. The molecule has 250 valence electrons. The molecule has 7 N–H and O–H groups in total. The Morgan fingerprint density at radius 3 is 2.50 bits per heavy atom. The van der Waals surface area contributed by atoms with Crippen LogP contribution in [-0.4, -0.2) is 110 Å². The Balaban J connectivity index is 1.21. The van der Waals surface area contributed by atoms with Crippen molar-refractivity contribution in [2.45, 2.75) is 88.0 Å². The monoisotopic (exact) mass is 664 g/mol. The molecule has 46 heavy (non-hydrogen) atoms. The summed E-state index contributed by atoms with van der Waals surface area (Å²) in [4.78, 5) is 18.3. The molecule has 5 rings (SSSR count). The Hall–Kier alpha value is -3.31. The van der Waals surface area contributed by atoms with E-state index in [4.69, 9.17) is 35.4 Å². The molecule has 2 heterocycles. The van der Waals surface area contributed by atoms with Gasteiger partial charge in [0.25, 0.3) is 0 Å². The van der Waals surface area contributed by atoms with Crippen molar-refractivity contribution in [1.82, 2.24) is 5.32 Å². The minimum Gasteiger partial charge on any atom is -0.504 e. The van der Waals surface area contributed by atoms with Gasteiger partial charge in [0, 0.05) is 10.6 Å². The van der Waals surface area contributed by atoms with Crippen LogP contribution >= 0.6 is 11.6 Å². The Morgan fingerprint density at radius 2 is 1.80 bits per heavy atom. The van der Waals surface area contributed by atoms with Gasteiger partial charge in [0.05, 0.1) is 11.8 Å². The molecule has 2 aromatic carbocycles. The number of halogens is 1. The summed E-state index contributed by atoms with van der Waals surface area (Å²) < 4.78 is 22.0. The van der Waals surface area contributed by atoms with Crippen molar-refractivity contribution in [3.8, 4) is 11.5 Å². The van der Waals surface area contributed by atoms with Crippen LogP contribution < -0.4 is 10.1 Å². The largest absolute Gasteiger partial charge is 0.504 e. The van der Waals surface area contributed by atoms with Crippen molar-refractivity contribution in [2.24, 2.45) is 5.16 Å².